The number of nitriles is 1. The lowest BCUT2D eigenvalue weighted by Crippen LogP contribution is -2.27. The molecule has 1 aliphatic heterocycles. The molecule has 8 heteroatoms. The molecule has 0 bridgehead atoms. The van der Waals surface area contributed by atoms with E-state index in [9.17, 15) is 14.9 Å². The molecule has 4 rings (SSSR count). The normalized spacial score (nSPS) is 14.3. The van der Waals surface area contributed by atoms with Gasteiger partial charge in [-0.1, -0.05) is 54.1 Å². The largest absolute Gasteiger partial charge is 0.490 e. The molecule has 176 valence electrons. The van der Waals surface area contributed by atoms with Gasteiger partial charge in [0.15, 0.2) is 11.5 Å². The molecule has 1 heterocycles. The van der Waals surface area contributed by atoms with Crippen LogP contribution in [0, 0.1) is 11.3 Å². The molecule has 1 saturated heterocycles. The van der Waals surface area contributed by atoms with Gasteiger partial charge in [-0.15, -0.1) is 0 Å². The molecule has 0 atom stereocenters. The van der Waals surface area contributed by atoms with E-state index in [0.717, 1.165) is 17.3 Å². The Bertz CT molecular complexity index is 1350. The van der Waals surface area contributed by atoms with Gasteiger partial charge in [-0.05, 0) is 60.2 Å². The van der Waals surface area contributed by atoms with E-state index in [4.69, 9.17) is 21.1 Å². The third kappa shape index (κ3) is 5.68. The summed E-state index contributed by atoms with van der Waals surface area (Å²) in [5.74, 6) is 0.654. The molecule has 35 heavy (non-hydrogen) atoms. The van der Waals surface area contributed by atoms with E-state index in [1.807, 2.05) is 25.1 Å². The van der Waals surface area contributed by atoms with Crippen LogP contribution in [0.5, 0.6) is 11.5 Å². The van der Waals surface area contributed by atoms with Gasteiger partial charge in [0, 0.05) is 10.6 Å². The lowest BCUT2D eigenvalue weighted by Gasteiger charge is -2.14. The second kappa shape index (κ2) is 11.1. The van der Waals surface area contributed by atoms with Gasteiger partial charge in [-0.2, -0.15) is 5.26 Å². The first-order valence-electron chi connectivity index (χ1n) is 10.9. The predicted octanol–water partition coefficient (Wildman–Crippen LogP) is 6.43. The van der Waals surface area contributed by atoms with Crippen LogP contribution in [-0.2, 0) is 17.9 Å². The highest BCUT2D eigenvalue weighted by Crippen LogP contribution is 2.36. The second-order valence-corrected chi connectivity index (χ2v) is 8.96. The van der Waals surface area contributed by atoms with Crippen molar-refractivity contribution in [3.63, 3.8) is 0 Å². The van der Waals surface area contributed by atoms with Crippen molar-refractivity contribution < 1.29 is 19.1 Å². The standard InChI is InChI=1S/C27H21ClN2O4S/c1-2-33-24-13-18(11-12-23(24)34-17-21-9-4-3-7-19(21)15-29)14-25-26(31)30(27(32)35-25)16-20-8-5-6-10-22(20)28/h3-14H,2,16-17H2,1H3/b25-14-. The zero-order valence-corrected chi connectivity index (χ0v) is 20.4. The van der Waals surface area contributed by atoms with Gasteiger partial charge in [0.2, 0.25) is 0 Å². The number of halogens is 1. The van der Waals surface area contributed by atoms with Crippen molar-refractivity contribution in [2.24, 2.45) is 0 Å². The van der Waals surface area contributed by atoms with Gasteiger partial charge >= 0.3 is 0 Å². The van der Waals surface area contributed by atoms with Gasteiger partial charge in [0.1, 0.15) is 6.61 Å². The number of hydrogen-bond acceptors (Lipinski definition) is 6. The summed E-state index contributed by atoms with van der Waals surface area (Å²) in [5, 5.41) is 9.44. The van der Waals surface area contributed by atoms with E-state index in [1.165, 1.54) is 4.90 Å². The van der Waals surface area contributed by atoms with Gasteiger partial charge in [0.25, 0.3) is 11.1 Å². The molecule has 0 unspecified atom stereocenters. The quantitative estimate of drug-likeness (QED) is 0.329. The highest BCUT2D eigenvalue weighted by atomic mass is 35.5. The van der Waals surface area contributed by atoms with E-state index in [-0.39, 0.29) is 24.3 Å². The maximum Gasteiger partial charge on any atom is 0.293 e. The lowest BCUT2D eigenvalue weighted by molar-refractivity contribution is -0.123. The van der Waals surface area contributed by atoms with Crippen molar-refractivity contribution in [3.05, 3.63) is 98.9 Å². The summed E-state index contributed by atoms with van der Waals surface area (Å²) < 4.78 is 11.7. The molecule has 0 radical (unpaired) electrons. The molecular weight excluding hydrogens is 484 g/mol. The number of hydrogen-bond donors (Lipinski definition) is 0. The Hall–Kier alpha value is -3.73. The Morgan fingerprint density at radius 1 is 1.00 bits per heavy atom. The topological polar surface area (TPSA) is 79.6 Å². The van der Waals surface area contributed by atoms with Crippen molar-refractivity contribution in [1.82, 2.24) is 4.90 Å². The fraction of sp³-hybridized carbons (Fsp3) is 0.148. The van der Waals surface area contributed by atoms with Crippen LogP contribution in [0.25, 0.3) is 6.08 Å². The number of ether oxygens (including phenoxy) is 2. The third-order valence-electron chi connectivity index (χ3n) is 5.25. The summed E-state index contributed by atoms with van der Waals surface area (Å²) in [7, 11) is 0. The van der Waals surface area contributed by atoms with Gasteiger partial charge in [-0.25, -0.2) is 0 Å². The van der Waals surface area contributed by atoms with Crippen LogP contribution in [-0.4, -0.2) is 22.7 Å². The molecule has 3 aromatic rings. The van der Waals surface area contributed by atoms with Crippen LogP contribution in [0.1, 0.15) is 29.2 Å². The number of carbonyl (C=O) groups is 2. The molecule has 0 saturated carbocycles. The summed E-state index contributed by atoms with van der Waals surface area (Å²) in [6.07, 6.45) is 1.66. The zero-order chi connectivity index (χ0) is 24.8. The first-order valence-corrected chi connectivity index (χ1v) is 12.1. The molecule has 0 aromatic heterocycles. The van der Waals surface area contributed by atoms with Crippen LogP contribution < -0.4 is 9.47 Å². The van der Waals surface area contributed by atoms with Crippen LogP contribution in [0.4, 0.5) is 4.79 Å². The molecule has 2 amide bonds. The average Bonchev–Trinajstić information content (AvgIpc) is 3.12. The minimum atomic E-state index is -0.369. The molecule has 1 fully saturated rings. The average molecular weight is 505 g/mol. The van der Waals surface area contributed by atoms with E-state index >= 15 is 0 Å². The monoisotopic (exact) mass is 504 g/mol. The summed E-state index contributed by atoms with van der Waals surface area (Å²) in [6.45, 7) is 2.61. The smallest absolute Gasteiger partial charge is 0.293 e. The zero-order valence-electron chi connectivity index (χ0n) is 18.9. The number of imide groups is 1. The number of amides is 2. The van der Waals surface area contributed by atoms with Crippen LogP contribution in [0.3, 0.4) is 0 Å². The molecular formula is C27H21ClN2O4S. The van der Waals surface area contributed by atoms with E-state index in [2.05, 4.69) is 6.07 Å². The van der Waals surface area contributed by atoms with E-state index in [0.29, 0.717) is 44.7 Å². The number of nitrogens with zero attached hydrogens (tertiary/aromatic N) is 2. The van der Waals surface area contributed by atoms with Crippen LogP contribution >= 0.6 is 23.4 Å². The molecule has 6 nitrogen and oxygen atoms in total. The Morgan fingerprint density at radius 2 is 1.74 bits per heavy atom. The van der Waals surface area contributed by atoms with Crippen molar-refractivity contribution in [2.75, 3.05) is 6.61 Å². The Kier molecular flexibility index (Phi) is 7.76. The van der Waals surface area contributed by atoms with Crippen molar-refractivity contribution in [1.29, 1.82) is 5.26 Å². The lowest BCUT2D eigenvalue weighted by atomic mass is 10.1. The van der Waals surface area contributed by atoms with Crippen LogP contribution in [0.2, 0.25) is 5.02 Å². The fourth-order valence-corrected chi connectivity index (χ4v) is 4.53. The summed E-state index contributed by atoms with van der Waals surface area (Å²) >= 11 is 7.09. The summed E-state index contributed by atoms with van der Waals surface area (Å²) in [5.41, 5.74) is 2.72. The van der Waals surface area contributed by atoms with E-state index in [1.54, 1.807) is 54.6 Å². The summed E-state index contributed by atoms with van der Waals surface area (Å²) in [4.78, 5) is 26.9. The molecule has 0 spiro atoms. The third-order valence-corrected chi connectivity index (χ3v) is 6.52. The first-order chi connectivity index (χ1) is 17.0. The maximum atomic E-state index is 12.9. The van der Waals surface area contributed by atoms with Crippen molar-refractivity contribution in [3.8, 4) is 17.6 Å². The van der Waals surface area contributed by atoms with Gasteiger partial charge in [0.05, 0.1) is 29.7 Å². The maximum absolute atomic E-state index is 12.9. The first kappa shape index (κ1) is 24.4. The number of thioether (sulfide) groups is 1. The molecule has 0 aliphatic carbocycles. The summed E-state index contributed by atoms with van der Waals surface area (Å²) in [6, 6.07) is 21.8. The number of carbonyl (C=O) groups excluding carboxylic acids is 2. The molecule has 1 aliphatic rings. The number of benzene rings is 3. The second-order valence-electron chi connectivity index (χ2n) is 7.56. The highest BCUT2D eigenvalue weighted by Gasteiger charge is 2.35. The van der Waals surface area contributed by atoms with E-state index < -0.39 is 0 Å². The highest BCUT2D eigenvalue weighted by molar-refractivity contribution is 8.18. The Morgan fingerprint density at radius 3 is 2.49 bits per heavy atom. The van der Waals surface area contributed by atoms with Crippen molar-refractivity contribution >= 4 is 40.6 Å². The van der Waals surface area contributed by atoms with Crippen LogP contribution in [0.15, 0.2) is 71.6 Å². The minimum absolute atomic E-state index is 0.114. The van der Waals surface area contributed by atoms with Gasteiger partial charge < -0.3 is 9.47 Å². The minimum Gasteiger partial charge on any atom is -0.490 e. The molecule has 0 N–H and O–H groups in total. The molecule has 3 aromatic carbocycles. The fourth-order valence-electron chi connectivity index (χ4n) is 3.50. The Labute approximate surface area is 212 Å². The predicted molar refractivity (Wildman–Crippen MR) is 136 cm³/mol. The Balaban J connectivity index is 1.53. The SMILES string of the molecule is CCOc1cc(/C=C2\SC(=O)N(Cc3ccccc3Cl)C2=O)ccc1OCc1ccccc1C#N. The number of rotatable bonds is 8. The van der Waals surface area contributed by atoms with Gasteiger partial charge in [-0.3, -0.25) is 14.5 Å². The van der Waals surface area contributed by atoms with Crippen molar-refractivity contribution in [2.45, 2.75) is 20.1 Å².